The van der Waals surface area contributed by atoms with Gasteiger partial charge >= 0.3 is 0 Å². The largest absolute Gasteiger partial charge is 0.399 e. The van der Waals surface area contributed by atoms with Crippen LogP contribution in [0.5, 0.6) is 0 Å². The van der Waals surface area contributed by atoms with Crippen LogP contribution >= 0.6 is 0 Å². The van der Waals surface area contributed by atoms with E-state index in [0.717, 1.165) is 5.56 Å². The number of benzene rings is 1. The third-order valence-electron chi connectivity index (χ3n) is 1.90. The highest BCUT2D eigenvalue weighted by Crippen LogP contribution is 2.05. The van der Waals surface area contributed by atoms with Gasteiger partial charge in [-0.3, -0.25) is 0 Å². The first kappa shape index (κ1) is 9.99. The van der Waals surface area contributed by atoms with Crippen molar-refractivity contribution in [1.82, 2.24) is 9.97 Å². The fraction of sp³-hybridized carbons (Fsp3) is 0. The molecule has 1 heterocycles. The minimum atomic E-state index is 0.222. The first-order valence-corrected chi connectivity index (χ1v) is 4.70. The molecule has 78 valence electrons. The van der Waals surface area contributed by atoms with Gasteiger partial charge in [-0.25, -0.2) is 9.97 Å². The summed E-state index contributed by atoms with van der Waals surface area (Å²) in [6.45, 7) is 0. The first-order chi connectivity index (χ1) is 7.74. The molecule has 0 atom stereocenters. The molecule has 16 heavy (non-hydrogen) atoms. The Bertz CT molecular complexity index is 517. The van der Waals surface area contributed by atoms with E-state index in [2.05, 4.69) is 21.8 Å². The van der Waals surface area contributed by atoms with Crippen molar-refractivity contribution in [2.24, 2.45) is 0 Å². The van der Waals surface area contributed by atoms with E-state index in [1.807, 2.05) is 18.2 Å². The fourth-order valence-corrected chi connectivity index (χ4v) is 1.20. The van der Waals surface area contributed by atoms with Gasteiger partial charge in [0.15, 0.2) is 0 Å². The van der Waals surface area contributed by atoms with Gasteiger partial charge in [-0.2, -0.15) is 0 Å². The average molecular weight is 210 g/mol. The van der Waals surface area contributed by atoms with Crippen LogP contribution in [-0.4, -0.2) is 9.97 Å². The van der Waals surface area contributed by atoms with Crippen LogP contribution in [0, 0.1) is 11.8 Å². The maximum atomic E-state index is 5.64. The van der Waals surface area contributed by atoms with E-state index in [4.69, 9.17) is 11.5 Å². The predicted molar refractivity (Wildman–Crippen MR) is 63.3 cm³/mol. The molecule has 0 aliphatic rings. The molecule has 0 bridgehead atoms. The van der Waals surface area contributed by atoms with Crippen molar-refractivity contribution in [2.45, 2.75) is 0 Å². The summed E-state index contributed by atoms with van der Waals surface area (Å²) in [4.78, 5) is 7.76. The molecule has 0 aliphatic carbocycles. The van der Waals surface area contributed by atoms with Crippen LogP contribution < -0.4 is 11.5 Å². The van der Waals surface area contributed by atoms with Crippen molar-refractivity contribution in [3.63, 3.8) is 0 Å². The lowest BCUT2D eigenvalue weighted by Crippen LogP contribution is -1.95. The molecule has 0 saturated heterocycles. The van der Waals surface area contributed by atoms with Crippen LogP contribution in [0.2, 0.25) is 0 Å². The van der Waals surface area contributed by atoms with E-state index in [9.17, 15) is 0 Å². The molecule has 0 saturated carbocycles. The lowest BCUT2D eigenvalue weighted by Gasteiger charge is -1.93. The SMILES string of the molecule is Nc1cccc(C#Cc2ccnc(N)n2)c1. The molecule has 2 rings (SSSR count). The van der Waals surface area contributed by atoms with Gasteiger partial charge in [-0.1, -0.05) is 12.0 Å². The number of aromatic nitrogens is 2. The zero-order valence-corrected chi connectivity index (χ0v) is 8.51. The second-order valence-electron chi connectivity index (χ2n) is 3.18. The van der Waals surface area contributed by atoms with E-state index in [1.165, 1.54) is 0 Å². The molecule has 0 fully saturated rings. The van der Waals surface area contributed by atoms with E-state index in [0.29, 0.717) is 11.4 Å². The molecule has 0 radical (unpaired) electrons. The van der Waals surface area contributed by atoms with Gasteiger partial charge < -0.3 is 11.5 Å². The third-order valence-corrected chi connectivity index (χ3v) is 1.90. The Morgan fingerprint density at radius 1 is 1.06 bits per heavy atom. The molecule has 0 aliphatic heterocycles. The molecule has 4 heteroatoms. The van der Waals surface area contributed by atoms with Gasteiger partial charge in [-0.05, 0) is 30.2 Å². The molecule has 0 spiro atoms. The van der Waals surface area contributed by atoms with Crippen molar-refractivity contribution in [3.8, 4) is 11.8 Å². The van der Waals surface area contributed by atoms with E-state index in [-0.39, 0.29) is 5.95 Å². The Morgan fingerprint density at radius 2 is 1.94 bits per heavy atom. The molecular formula is C12H10N4. The minimum absolute atomic E-state index is 0.222. The summed E-state index contributed by atoms with van der Waals surface area (Å²) >= 11 is 0. The molecule has 4 nitrogen and oxygen atoms in total. The molecule has 0 amide bonds. The van der Waals surface area contributed by atoms with Gasteiger partial charge in [0.25, 0.3) is 0 Å². The van der Waals surface area contributed by atoms with Crippen LogP contribution in [-0.2, 0) is 0 Å². The van der Waals surface area contributed by atoms with Crippen molar-refractivity contribution >= 4 is 11.6 Å². The molecule has 2 aromatic rings. The summed E-state index contributed by atoms with van der Waals surface area (Å²) in [6.07, 6.45) is 1.58. The van der Waals surface area contributed by atoms with Gasteiger partial charge in [0, 0.05) is 17.4 Å². The second-order valence-corrected chi connectivity index (χ2v) is 3.18. The van der Waals surface area contributed by atoms with Crippen molar-refractivity contribution in [1.29, 1.82) is 0 Å². The Kier molecular flexibility index (Phi) is 2.70. The lowest BCUT2D eigenvalue weighted by atomic mass is 10.2. The number of hydrogen-bond donors (Lipinski definition) is 2. The van der Waals surface area contributed by atoms with Gasteiger partial charge in [0.2, 0.25) is 5.95 Å². The van der Waals surface area contributed by atoms with Crippen LogP contribution in [0.4, 0.5) is 11.6 Å². The van der Waals surface area contributed by atoms with Crippen molar-refractivity contribution in [2.75, 3.05) is 11.5 Å². The molecule has 1 aromatic heterocycles. The Morgan fingerprint density at radius 3 is 2.69 bits per heavy atom. The Balaban J connectivity index is 2.28. The summed E-state index contributed by atoms with van der Waals surface area (Å²) in [5.41, 5.74) is 13.2. The summed E-state index contributed by atoms with van der Waals surface area (Å²) in [7, 11) is 0. The normalized spacial score (nSPS) is 9.25. The molecule has 4 N–H and O–H groups in total. The molecule has 0 unspecified atom stereocenters. The standard InChI is InChI=1S/C12H10N4/c13-10-3-1-2-9(8-10)4-5-11-6-7-15-12(14)16-11/h1-3,6-8H,13H2,(H2,14,15,16). The maximum absolute atomic E-state index is 5.64. The number of rotatable bonds is 0. The smallest absolute Gasteiger partial charge is 0.221 e. The van der Waals surface area contributed by atoms with Crippen LogP contribution in [0.15, 0.2) is 36.5 Å². The van der Waals surface area contributed by atoms with E-state index >= 15 is 0 Å². The minimum Gasteiger partial charge on any atom is -0.399 e. The fourth-order valence-electron chi connectivity index (χ4n) is 1.20. The quantitative estimate of drug-likeness (QED) is 0.503. The monoisotopic (exact) mass is 210 g/mol. The Hall–Kier alpha value is -2.54. The third kappa shape index (κ3) is 2.49. The Labute approximate surface area is 93.3 Å². The summed E-state index contributed by atoms with van der Waals surface area (Å²) in [5.74, 6) is 6.07. The first-order valence-electron chi connectivity index (χ1n) is 4.70. The average Bonchev–Trinajstić information content (AvgIpc) is 2.27. The van der Waals surface area contributed by atoms with Crippen LogP contribution in [0.1, 0.15) is 11.3 Å². The number of nitrogens with two attached hydrogens (primary N) is 2. The highest BCUT2D eigenvalue weighted by atomic mass is 15.0. The maximum Gasteiger partial charge on any atom is 0.221 e. The zero-order chi connectivity index (χ0) is 11.4. The zero-order valence-electron chi connectivity index (χ0n) is 8.51. The van der Waals surface area contributed by atoms with Gasteiger partial charge in [0.05, 0.1) is 0 Å². The summed E-state index contributed by atoms with van der Waals surface area (Å²) in [5, 5.41) is 0. The highest BCUT2D eigenvalue weighted by Gasteiger charge is 1.91. The number of hydrogen-bond acceptors (Lipinski definition) is 4. The second kappa shape index (κ2) is 4.32. The van der Waals surface area contributed by atoms with Crippen molar-refractivity contribution in [3.05, 3.63) is 47.8 Å². The summed E-state index contributed by atoms with van der Waals surface area (Å²) in [6, 6.07) is 9.06. The van der Waals surface area contributed by atoms with Crippen molar-refractivity contribution < 1.29 is 0 Å². The van der Waals surface area contributed by atoms with E-state index in [1.54, 1.807) is 18.3 Å². The van der Waals surface area contributed by atoms with Crippen LogP contribution in [0.25, 0.3) is 0 Å². The summed E-state index contributed by atoms with van der Waals surface area (Å²) < 4.78 is 0. The number of anilines is 2. The molecule has 1 aromatic carbocycles. The number of nitrogen functional groups attached to an aromatic ring is 2. The molecular weight excluding hydrogens is 200 g/mol. The highest BCUT2D eigenvalue weighted by molar-refractivity contribution is 5.48. The topological polar surface area (TPSA) is 77.8 Å². The van der Waals surface area contributed by atoms with Crippen LogP contribution in [0.3, 0.4) is 0 Å². The van der Waals surface area contributed by atoms with E-state index < -0.39 is 0 Å². The number of nitrogens with zero attached hydrogens (tertiary/aromatic N) is 2. The predicted octanol–water partition coefficient (Wildman–Crippen LogP) is 1.04. The van der Waals surface area contributed by atoms with Gasteiger partial charge in [-0.15, -0.1) is 0 Å². The lowest BCUT2D eigenvalue weighted by molar-refractivity contribution is 1.16. The van der Waals surface area contributed by atoms with Gasteiger partial charge in [0.1, 0.15) is 5.69 Å².